The van der Waals surface area contributed by atoms with Gasteiger partial charge in [0.15, 0.2) is 4.38 Å². The van der Waals surface area contributed by atoms with Crippen LogP contribution >= 0.6 is 45.7 Å². The van der Waals surface area contributed by atoms with Crippen molar-refractivity contribution in [2.24, 2.45) is 0 Å². The van der Waals surface area contributed by atoms with E-state index in [4.69, 9.17) is 22.5 Å². The summed E-state index contributed by atoms with van der Waals surface area (Å²) in [5.74, 6) is 0. The van der Waals surface area contributed by atoms with Crippen LogP contribution < -0.4 is 0 Å². The molecule has 0 atom stereocenters. The molecule has 1 nitrogen and oxygen atoms in total. The molecule has 0 aromatic carbocycles. The number of halogens is 2. The molecule has 0 saturated carbocycles. The fourth-order valence-corrected chi connectivity index (χ4v) is 0.352. The van der Waals surface area contributed by atoms with E-state index in [-0.39, 0.29) is 29.6 Å². The molecule has 7 heavy (non-hydrogen) atoms. The molecule has 0 aliphatic carbocycles. The predicted octanol–water partition coefficient (Wildman–Crippen LogP) is 1.14. The van der Waals surface area contributed by atoms with Gasteiger partial charge in [0.25, 0.3) is 0 Å². The van der Waals surface area contributed by atoms with Crippen molar-refractivity contribution in [3.63, 3.8) is 0 Å². The van der Waals surface area contributed by atoms with E-state index in [1.165, 1.54) is 0 Å². The molecule has 0 N–H and O–H groups in total. The molecule has 0 aromatic heterocycles. The molecule has 0 bridgehead atoms. The van der Waals surface area contributed by atoms with Gasteiger partial charge in [0, 0.05) is 0 Å². The van der Waals surface area contributed by atoms with Crippen LogP contribution in [0, 0.1) is 0 Å². The van der Waals surface area contributed by atoms with Gasteiger partial charge in [0.05, 0.1) is 11.9 Å². The van der Waals surface area contributed by atoms with Crippen molar-refractivity contribution in [1.29, 1.82) is 0 Å². The van der Waals surface area contributed by atoms with E-state index in [0.29, 0.717) is 14.9 Å². The first kappa shape index (κ1) is 11.9. The molecule has 0 radical (unpaired) electrons. The van der Waals surface area contributed by atoms with Crippen molar-refractivity contribution in [3.05, 3.63) is 0 Å². The van der Waals surface area contributed by atoms with E-state index < -0.39 is 0 Å². The Kier molecular flexibility index (Phi) is 13.7. The van der Waals surface area contributed by atoms with Crippen LogP contribution in [0.2, 0.25) is 0 Å². The van der Waals surface area contributed by atoms with Gasteiger partial charge in [-0.05, 0) is 0 Å². The summed E-state index contributed by atoms with van der Waals surface area (Å²) in [4.78, 5) is 0. The van der Waals surface area contributed by atoms with Crippen LogP contribution in [0.15, 0.2) is 0 Å². The predicted molar refractivity (Wildman–Crippen MR) is 42.9 cm³/mol. The third-order valence-electron chi connectivity index (χ3n) is 0.141. The maximum atomic E-state index is 5.10. The Bertz CT molecular complexity index is 66.7. The minimum atomic E-state index is 0. The second-order valence-corrected chi connectivity index (χ2v) is 2.44. The maximum absolute atomic E-state index is 5.10. The molecule has 0 unspecified atom stereocenters. The Morgan fingerprint density at radius 1 is 1.71 bits per heavy atom. The molecule has 0 rings (SSSR count). The van der Waals surface area contributed by atoms with Gasteiger partial charge in [-0.2, -0.15) is 0 Å². The van der Waals surface area contributed by atoms with Crippen LogP contribution in [0.3, 0.4) is 0 Å². The Balaban J connectivity index is 0. The number of rotatable bonds is 0. The summed E-state index contributed by atoms with van der Waals surface area (Å²) in [5, 5.41) is 0. The SMILES string of the molecule is SC(OCl)=[SH]Cl.[NaH]. The molecule has 0 fully saturated rings. The van der Waals surface area contributed by atoms with Crippen LogP contribution in [-0.4, -0.2) is 33.9 Å². The first-order valence-corrected chi connectivity index (χ1v) is 3.53. The second-order valence-electron chi connectivity index (χ2n) is 0.444. The monoisotopic (exact) mass is 188 g/mol. The average Bonchev–Trinajstić information content (AvgIpc) is 1.65. The molecule has 0 spiro atoms. The molecule has 0 amide bonds. The van der Waals surface area contributed by atoms with E-state index in [9.17, 15) is 0 Å². The average molecular weight is 189 g/mol. The molecule has 40 valence electrons. The topological polar surface area (TPSA) is 9.23 Å². The number of hydrogen-bond acceptors (Lipinski definition) is 1. The molecule has 6 heteroatoms. The van der Waals surface area contributed by atoms with Gasteiger partial charge in [0.1, 0.15) is 0 Å². The first-order valence-electron chi connectivity index (χ1n) is 0.975. The normalized spacial score (nSPS) is 11.6. The standard InChI is InChI=1S/CH2Cl2OS2.Na.H/c2-4-1(5)6-3;;/h5-6H;;. The molecular weight excluding hydrogens is 186 g/mol. The van der Waals surface area contributed by atoms with E-state index in [0.717, 1.165) is 0 Å². The number of thiol groups is 2. The summed E-state index contributed by atoms with van der Waals surface area (Å²) >= 11 is 8.40. The second kappa shape index (κ2) is 8.11. The van der Waals surface area contributed by atoms with Crippen molar-refractivity contribution in [2.45, 2.75) is 0 Å². The Labute approximate surface area is 83.0 Å². The summed E-state index contributed by atoms with van der Waals surface area (Å²) in [6.45, 7) is 0. The van der Waals surface area contributed by atoms with E-state index in [1.54, 1.807) is 0 Å². The van der Waals surface area contributed by atoms with Gasteiger partial charge in [-0.15, -0.1) is 12.6 Å². The summed E-state index contributed by atoms with van der Waals surface area (Å²) in [6, 6.07) is 0. The summed E-state index contributed by atoms with van der Waals surface area (Å²) in [5.41, 5.74) is 0. The third-order valence-corrected chi connectivity index (χ3v) is 1.95. The molecule has 0 aliphatic rings. The zero-order valence-electron chi connectivity index (χ0n) is 2.56. The van der Waals surface area contributed by atoms with Gasteiger partial charge in [-0.1, -0.05) is 21.2 Å². The van der Waals surface area contributed by atoms with Gasteiger partial charge in [-0.25, -0.2) is 4.29 Å². The van der Waals surface area contributed by atoms with Crippen LogP contribution in [0.4, 0.5) is 0 Å². The fraction of sp³-hybridized carbons (Fsp3) is 0. The van der Waals surface area contributed by atoms with E-state index >= 15 is 0 Å². The minimum absolute atomic E-state index is 0. The number of hydrogen-bond donors (Lipinski definition) is 2. The zero-order chi connectivity index (χ0) is 4.99. The van der Waals surface area contributed by atoms with E-state index in [2.05, 4.69) is 16.9 Å². The summed E-state index contributed by atoms with van der Waals surface area (Å²) in [6.07, 6.45) is 0. The summed E-state index contributed by atoms with van der Waals surface area (Å²) < 4.78 is 4.30. The van der Waals surface area contributed by atoms with Crippen LogP contribution in [0.5, 0.6) is 0 Å². The quantitative estimate of drug-likeness (QED) is 0.330. The van der Waals surface area contributed by atoms with Crippen molar-refractivity contribution >= 4 is 79.7 Å². The van der Waals surface area contributed by atoms with Crippen LogP contribution in [0.25, 0.3) is 0 Å². The Morgan fingerprint density at radius 2 is 2.14 bits per heavy atom. The van der Waals surface area contributed by atoms with Crippen molar-refractivity contribution in [3.8, 4) is 0 Å². The zero-order valence-corrected chi connectivity index (χ0v) is 5.86. The summed E-state index contributed by atoms with van der Waals surface area (Å²) in [7, 11) is 5.53. The Morgan fingerprint density at radius 3 is 2.14 bits per heavy atom. The van der Waals surface area contributed by atoms with Gasteiger partial charge in [-0.3, -0.25) is 0 Å². The van der Waals surface area contributed by atoms with Crippen LogP contribution in [0.1, 0.15) is 0 Å². The van der Waals surface area contributed by atoms with Crippen molar-refractivity contribution in [1.82, 2.24) is 0 Å². The van der Waals surface area contributed by atoms with Gasteiger partial charge in [0.2, 0.25) is 0 Å². The van der Waals surface area contributed by atoms with E-state index in [1.807, 2.05) is 0 Å². The molecule has 0 heterocycles. The fourth-order valence-electron chi connectivity index (χ4n) is 0.0130. The first-order chi connectivity index (χ1) is 2.81. The molecule has 0 saturated heterocycles. The molecule has 0 aliphatic heterocycles. The van der Waals surface area contributed by atoms with Gasteiger partial charge < -0.3 is 0 Å². The third kappa shape index (κ3) is 8.11. The molecular formula is CH3Cl2NaOS2. The van der Waals surface area contributed by atoms with Crippen LogP contribution in [-0.2, 0) is 4.29 Å². The van der Waals surface area contributed by atoms with Crippen molar-refractivity contribution in [2.75, 3.05) is 0 Å². The van der Waals surface area contributed by atoms with Crippen molar-refractivity contribution < 1.29 is 4.29 Å². The Hall–Kier alpha value is 2.11. The molecule has 0 aromatic rings. The van der Waals surface area contributed by atoms with Gasteiger partial charge >= 0.3 is 29.6 Å².